The van der Waals surface area contributed by atoms with Crippen molar-refractivity contribution in [3.05, 3.63) is 0 Å². The number of carbonyl (C=O) groups excluding carboxylic acids is 1. The molecule has 0 saturated heterocycles. The van der Waals surface area contributed by atoms with E-state index in [4.69, 9.17) is 5.73 Å². The highest BCUT2D eigenvalue weighted by Gasteiger charge is 2.22. The quantitative estimate of drug-likeness (QED) is 0.611. The Bertz CT molecular complexity index is 213. The highest BCUT2D eigenvalue weighted by atomic mass is 16.3. The van der Waals surface area contributed by atoms with E-state index in [1.54, 1.807) is 6.92 Å². The second-order valence-electron chi connectivity index (χ2n) is 5.39. The minimum absolute atomic E-state index is 0.0404. The fourth-order valence-electron chi connectivity index (χ4n) is 1.69. The van der Waals surface area contributed by atoms with Gasteiger partial charge < -0.3 is 16.2 Å². The van der Waals surface area contributed by atoms with Crippen molar-refractivity contribution >= 4 is 5.91 Å². The first-order valence-corrected chi connectivity index (χ1v) is 5.97. The van der Waals surface area contributed by atoms with Gasteiger partial charge in [0.15, 0.2) is 0 Å². The van der Waals surface area contributed by atoms with Gasteiger partial charge in [-0.05, 0) is 32.6 Å². The third kappa shape index (κ3) is 8.68. The van der Waals surface area contributed by atoms with Crippen molar-refractivity contribution < 1.29 is 9.90 Å². The molecule has 0 fully saturated rings. The summed E-state index contributed by atoms with van der Waals surface area (Å²) in [5.74, 6) is 0.372. The molecule has 1 amide bonds. The Hall–Kier alpha value is -0.610. The van der Waals surface area contributed by atoms with E-state index in [-0.39, 0.29) is 11.9 Å². The van der Waals surface area contributed by atoms with Gasteiger partial charge in [0.05, 0.1) is 5.60 Å². The fourth-order valence-corrected chi connectivity index (χ4v) is 1.69. The minimum atomic E-state index is -0.821. The van der Waals surface area contributed by atoms with Crippen molar-refractivity contribution in [3.8, 4) is 0 Å². The summed E-state index contributed by atoms with van der Waals surface area (Å²) in [4.78, 5) is 11.4. The molecule has 0 saturated carbocycles. The van der Waals surface area contributed by atoms with E-state index in [1.807, 2.05) is 20.8 Å². The Kier molecular flexibility index (Phi) is 6.60. The van der Waals surface area contributed by atoms with Gasteiger partial charge in [0.2, 0.25) is 5.91 Å². The molecule has 0 aromatic heterocycles. The van der Waals surface area contributed by atoms with Gasteiger partial charge in [-0.15, -0.1) is 0 Å². The Morgan fingerprint density at radius 2 is 2.00 bits per heavy atom. The molecule has 16 heavy (non-hydrogen) atoms. The maximum Gasteiger partial charge on any atom is 0.220 e. The molecule has 0 aliphatic carbocycles. The summed E-state index contributed by atoms with van der Waals surface area (Å²) in [6.07, 6.45) is 1.79. The summed E-state index contributed by atoms with van der Waals surface area (Å²) >= 11 is 0. The highest BCUT2D eigenvalue weighted by Crippen LogP contribution is 2.15. The maximum absolute atomic E-state index is 11.4. The van der Waals surface area contributed by atoms with Crippen molar-refractivity contribution in [2.75, 3.05) is 6.54 Å². The van der Waals surface area contributed by atoms with Crippen LogP contribution in [0, 0.1) is 5.92 Å². The van der Waals surface area contributed by atoms with Crippen molar-refractivity contribution in [2.24, 2.45) is 11.7 Å². The summed E-state index contributed by atoms with van der Waals surface area (Å²) < 4.78 is 0. The lowest BCUT2D eigenvalue weighted by Gasteiger charge is -2.25. The van der Waals surface area contributed by atoms with E-state index < -0.39 is 5.60 Å². The van der Waals surface area contributed by atoms with Crippen LogP contribution in [0.1, 0.15) is 47.0 Å². The molecule has 0 aromatic carbocycles. The topological polar surface area (TPSA) is 75.3 Å². The molecule has 4 nitrogen and oxygen atoms in total. The van der Waals surface area contributed by atoms with Gasteiger partial charge >= 0.3 is 0 Å². The largest absolute Gasteiger partial charge is 0.388 e. The molecule has 2 atom stereocenters. The van der Waals surface area contributed by atoms with Crippen LogP contribution in [0.3, 0.4) is 0 Å². The van der Waals surface area contributed by atoms with Crippen molar-refractivity contribution in [2.45, 2.75) is 58.6 Å². The van der Waals surface area contributed by atoms with E-state index in [0.29, 0.717) is 31.7 Å². The Labute approximate surface area is 98.6 Å². The number of carbonyl (C=O) groups is 1. The monoisotopic (exact) mass is 230 g/mol. The molecule has 0 aromatic rings. The Morgan fingerprint density at radius 1 is 1.44 bits per heavy atom. The standard InChI is InChI=1S/C12H26N2O2/c1-9(2)7-12(4,16)8-14-11(15)6-5-10(3)13/h9-10,16H,5-8,13H2,1-4H3,(H,14,15). The lowest BCUT2D eigenvalue weighted by Crippen LogP contribution is -2.41. The smallest absolute Gasteiger partial charge is 0.220 e. The zero-order chi connectivity index (χ0) is 12.8. The van der Waals surface area contributed by atoms with Crippen LogP contribution < -0.4 is 11.1 Å². The molecule has 0 rings (SSSR count). The third-order valence-corrected chi connectivity index (χ3v) is 2.34. The Morgan fingerprint density at radius 3 is 2.44 bits per heavy atom. The van der Waals surface area contributed by atoms with Crippen molar-refractivity contribution in [3.63, 3.8) is 0 Å². The third-order valence-electron chi connectivity index (χ3n) is 2.34. The van der Waals surface area contributed by atoms with E-state index in [1.165, 1.54) is 0 Å². The van der Waals surface area contributed by atoms with Crippen LogP contribution in [-0.2, 0) is 4.79 Å². The SMILES string of the molecule is CC(C)CC(C)(O)CNC(=O)CCC(C)N. The highest BCUT2D eigenvalue weighted by molar-refractivity contribution is 5.75. The first-order valence-electron chi connectivity index (χ1n) is 5.97. The molecule has 96 valence electrons. The van der Waals surface area contributed by atoms with Crippen molar-refractivity contribution in [1.82, 2.24) is 5.32 Å². The number of nitrogens with one attached hydrogen (secondary N) is 1. The molecule has 0 spiro atoms. The molecule has 0 aliphatic rings. The summed E-state index contributed by atoms with van der Waals surface area (Å²) in [6.45, 7) is 8.03. The number of rotatable bonds is 7. The first-order chi connectivity index (χ1) is 7.23. The average molecular weight is 230 g/mol. The lowest BCUT2D eigenvalue weighted by atomic mass is 9.94. The number of nitrogens with two attached hydrogens (primary N) is 1. The predicted octanol–water partition coefficient (Wildman–Crippen LogP) is 1.03. The van der Waals surface area contributed by atoms with Crippen LogP contribution in [0.4, 0.5) is 0 Å². The molecule has 2 unspecified atom stereocenters. The molecule has 0 radical (unpaired) electrons. The number of hydrogen-bond donors (Lipinski definition) is 3. The van der Waals surface area contributed by atoms with Gasteiger partial charge in [0, 0.05) is 19.0 Å². The summed E-state index contributed by atoms with van der Waals surface area (Å²) in [5.41, 5.74) is 4.74. The fraction of sp³-hybridized carbons (Fsp3) is 0.917. The maximum atomic E-state index is 11.4. The van der Waals surface area contributed by atoms with Gasteiger partial charge in [-0.3, -0.25) is 4.79 Å². The zero-order valence-corrected chi connectivity index (χ0v) is 10.9. The normalized spacial score (nSPS) is 16.9. The van der Waals surface area contributed by atoms with Crippen molar-refractivity contribution in [1.29, 1.82) is 0 Å². The predicted molar refractivity (Wildman–Crippen MR) is 66.0 cm³/mol. The molecular weight excluding hydrogens is 204 g/mol. The zero-order valence-electron chi connectivity index (χ0n) is 10.9. The van der Waals surface area contributed by atoms with Crippen LogP contribution >= 0.6 is 0 Å². The van der Waals surface area contributed by atoms with E-state index in [2.05, 4.69) is 5.32 Å². The average Bonchev–Trinajstić information content (AvgIpc) is 2.09. The summed E-state index contributed by atoms with van der Waals surface area (Å²) in [5, 5.41) is 12.7. The van der Waals surface area contributed by atoms with Gasteiger partial charge in [-0.2, -0.15) is 0 Å². The van der Waals surface area contributed by atoms with E-state index >= 15 is 0 Å². The molecule has 4 N–H and O–H groups in total. The first kappa shape index (κ1) is 15.4. The van der Waals surface area contributed by atoms with Gasteiger partial charge in [0.1, 0.15) is 0 Å². The molecule has 0 heterocycles. The number of hydrogen-bond acceptors (Lipinski definition) is 3. The van der Waals surface area contributed by atoms with Crippen LogP contribution in [0.2, 0.25) is 0 Å². The molecule has 0 aliphatic heterocycles. The van der Waals surface area contributed by atoms with Crippen LogP contribution in [0.5, 0.6) is 0 Å². The number of amides is 1. The lowest BCUT2D eigenvalue weighted by molar-refractivity contribution is -0.122. The molecule has 0 bridgehead atoms. The number of aliphatic hydroxyl groups is 1. The van der Waals surface area contributed by atoms with E-state index in [0.717, 1.165) is 0 Å². The van der Waals surface area contributed by atoms with Gasteiger partial charge in [-0.25, -0.2) is 0 Å². The summed E-state index contributed by atoms with van der Waals surface area (Å²) in [7, 11) is 0. The van der Waals surface area contributed by atoms with E-state index in [9.17, 15) is 9.90 Å². The van der Waals surface area contributed by atoms with Gasteiger partial charge in [-0.1, -0.05) is 13.8 Å². The van der Waals surface area contributed by atoms with Gasteiger partial charge in [0.25, 0.3) is 0 Å². The second kappa shape index (κ2) is 6.86. The van der Waals surface area contributed by atoms with Crippen LogP contribution in [0.15, 0.2) is 0 Å². The second-order valence-corrected chi connectivity index (χ2v) is 5.39. The molecule has 4 heteroatoms. The molecular formula is C12H26N2O2. The summed E-state index contributed by atoms with van der Waals surface area (Å²) in [6, 6.07) is 0.0434. The minimum Gasteiger partial charge on any atom is -0.388 e. The van der Waals surface area contributed by atoms with Crippen LogP contribution in [0.25, 0.3) is 0 Å². The van der Waals surface area contributed by atoms with Crippen LogP contribution in [-0.4, -0.2) is 29.2 Å². The Balaban J connectivity index is 3.81.